The molecule has 0 fully saturated rings. The molecule has 1 aliphatic carbocycles. The molecule has 0 spiro atoms. The van der Waals surface area contributed by atoms with Crippen LogP contribution in [0.1, 0.15) is 39.7 Å². The summed E-state index contributed by atoms with van der Waals surface area (Å²) < 4.78 is 6.53. The number of benzene rings is 1. The number of esters is 1. The molecule has 0 radical (unpaired) electrons. The van der Waals surface area contributed by atoms with Crippen LogP contribution in [-0.2, 0) is 28.8 Å². The number of rotatable bonds is 7. The van der Waals surface area contributed by atoms with E-state index >= 15 is 0 Å². The van der Waals surface area contributed by atoms with E-state index < -0.39 is 5.97 Å². The minimum Gasteiger partial charge on any atom is -0.465 e. The molecule has 2 heterocycles. The molecule has 2 aromatic heterocycles. The van der Waals surface area contributed by atoms with Crippen molar-refractivity contribution in [1.82, 2.24) is 20.2 Å². The van der Waals surface area contributed by atoms with Crippen molar-refractivity contribution >= 4 is 40.0 Å². The fourth-order valence-electron chi connectivity index (χ4n) is 3.41. The van der Waals surface area contributed by atoms with Gasteiger partial charge in [-0.2, -0.15) is 4.68 Å². The summed E-state index contributed by atoms with van der Waals surface area (Å²) in [5, 5.41) is 15.8. The minimum absolute atomic E-state index is 0.122. The molecule has 0 unspecified atom stereocenters. The first-order chi connectivity index (χ1) is 14.6. The number of amides is 1. The lowest BCUT2D eigenvalue weighted by Gasteiger charge is -2.07. The van der Waals surface area contributed by atoms with E-state index in [0.717, 1.165) is 41.8 Å². The summed E-state index contributed by atoms with van der Waals surface area (Å²) >= 11 is 2.70. The molecule has 1 N–H and O–H groups in total. The smallest absolute Gasteiger partial charge is 0.341 e. The zero-order valence-corrected chi connectivity index (χ0v) is 18.3. The van der Waals surface area contributed by atoms with Crippen LogP contribution < -0.4 is 5.32 Å². The molecule has 0 bridgehead atoms. The first-order valence-electron chi connectivity index (χ1n) is 9.64. The number of carbonyl (C=O) groups excluding carboxylic acids is 2. The topological polar surface area (TPSA) is 99.0 Å². The molecule has 10 heteroatoms. The van der Waals surface area contributed by atoms with Crippen molar-refractivity contribution < 1.29 is 14.3 Å². The maximum atomic E-state index is 12.6. The summed E-state index contributed by atoms with van der Waals surface area (Å²) in [6.07, 6.45) is 3.75. The molecule has 0 saturated heterocycles. The zero-order valence-electron chi connectivity index (χ0n) is 16.7. The molecule has 0 aliphatic heterocycles. The van der Waals surface area contributed by atoms with Gasteiger partial charge in [0.2, 0.25) is 11.1 Å². The number of tetrazole rings is 1. The highest BCUT2D eigenvalue weighted by atomic mass is 32.2. The number of thiophene rings is 1. The first-order valence-corrected chi connectivity index (χ1v) is 11.4. The standard InChI is InChI=1S/C20H21N5O3S2/c1-3-12-7-9-13(10-8-12)25-20(22-23-24-25)29-11-16(26)21-18-17(19(27)28-2)14-5-4-6-15(14)30-18/h7-10H,3-6,11H2,1-2H3,(H,21,26). The summed E-state index contributed by atoms with van der Waals surface area (Å²) in [5.41, 5.74) is 3.57. The van der Waals surface area contributed by atoms with Crippen LogP contribution in [0.4, 0.5) is 5.00 Å². The van der Waals surface area contributed by atoms with Crippen LogP contribution in [0, 0.1) is 0 Å². The normalized spacial score (nSPS) is 12.6. The highest BCUT2D eigenvalue weighted by molar-refractivity contribution is 7.99. The molecule has 1 amide bonds. The van der Waals surface area contributed by atoms with Crippen molar-refractivity contribution in [3.05, 3.63) is 45.8 Å². The van der Waals surface area contributed by atoms with Crippen LogP contribution in [0.3, 0.4) is 0 Å². The Hall–Kier alpha value is -2.72. The van der Waals surface area contributed by atoms with Gasteiger partial charge in [0.05, 0.1) is 24.1 Å². The van der Waals surface area contributed by atoms with E-state index in [1.807, 2.05) is 24.3 Å². The van der Waals surface area contributed by atoms with Gasteiger partial charge in [-0.1, -0.05) is 30.8 Å². The number of fused-ring (bicyclic) bond motifs is 1. The van der Waals surface area contributed by atoms with Gasteiger partial charge in [0.15, 0.2) is 0 Å². The van der Waals surface area contributed by atoms with Gasteiger partial charge in [-0.05, 0) is 59.4 Å². The van der Waals surface area contributed by atoms with Crippen LogP contribution in [0.5, 0.6) is 0 Å². The highest BCUT2D eigenvalue weighted by Crippen LogP contribution is 2.39. The predicted octanol–water partition coefficient (Wildman–Crippen LogP) is 3.29. The van der Waals surface area contributed by atoms with Crippen molar-refractivity contribution in [2.45, 2.75) is 37.8 Å². The Labute approximate surface area is 182 Å². The minimum atomic E-state index is -0.406. The Morgan fingerprint density at radius 2 is 2.07 bits per heavy atom. The number of thioether (sulfide) groups is 1. The summed E-state index contributed by atoms with van der Waals surface area (Å²) in [6, 6.07) is 7.97. The van der Waals surface area contributed by atoms with Crippen molar-refractivity contribution in [2.24, 2.45) is 0 Å². The Morgan fingerprint density at radius 3 is 2.80 bits per heavy atom. The van der Waals surface area contributed by atoms with Crippen LogP contribution in [0.2, 0.25) is 0 Å². The average molecular weight is 444 g/mol. The van der Waals surface area contributed by atoms with Gasteiger partial charge in [0.25, 0.3) is 0 Å². The Balaban J connectivity index is 1.44. The number of hydrogen-bond acceptors (Lipinski definition) is 8. The van der Waals surface area contributed by atoms with E-state index in [-0.39, 0.29) is 11.7 Å². The van der Waals surface area contributed by atoms with Gasteiger partial charge < -0.3 is 10.1 Å². The summed E-state index contributed by atoms with van der Waals surface area (Å²) in [6.45, 7) is 2.10. The SMILES string of the molecule is CCc1ccc(-n2nnnc2SCC(=O)Nc2sc3c(c2C(=O)OC)CCC3)cc1. The molecule has 3 aromatic rings. The number of carbonyl (C=O) groups is 2. The quantitative estimate of drug-likeness (QED) is 0.442. The van der Waals surface area contributed by atoms with Gasteiger partial charge in [0.1, 0.15) is 5.00 Å². The molecule has 156 valence electrons. The summed E-state index contributed by atoms with van der Waals surface area (Å²) in [5.74, 6) is -0.505. The second kappa shape index (κ2) is 8.97. The van der Waals surface area contributed by atoms with Crippen LogP contribution in [0.15, 0.2) is 29.4 Å². The van der Waals surface area contributed by atoms with Gasteiger partial charge in [-0.25, -0.2) is 4.79 Å². The second-order valence-electron chi connectivity index (χ2n) is 6.78. The largest absolute Gasteiger partial charge is 0.465 e. The Bertz CT molecular complexity index is 1070. The summed E-state index contributed by atoms with van der Waals surface area (Å²) in [7, 11) is 1.36. The fraction of sp³-hybridized carbons (Fsp3) is 0.350. The number of aromatic nitrogens is 4. The molecule has 4 rings (SSSR count). The number of anilines is 1. The maximum Gasteiger partial charge on any atom is 0.341 e. The third-order valence-electron chi connectivity index (χ3n) is 4.93. The predicted molar refractivity (Wildman–Crippen MR) is 116 cm³/mol. The lowest BCUT2D eigenvalue weighted by Crippen LogP contribution is -2.16. The number of ether oxygens (including phenoxy) is 1. The van der Waals surface area contributed by atoms with Gasteiger partial charge >= 0.3 is 5.97 Å². The molecule has 30 heavy (non-hydrogen) atoms. The van der Waals surface area contributed by atoms with Crippen molar-refractivity contribution in [3.8, 4) is 5.69 Å². The van der Waals surface area contributed by atoms with Gasteiger partial charge in [0, 0.05) is 4.88 Å². The van der Waals surface area contributed by atoms with E-state index in [0.29, 0.717) is 15.7 Å². The molecule has 1 aliphatic rings. The molecular weight excluding hydrogens is 422 g/mol. The molecule has 0 atom stereocenters. The first kappa shape index (κ1) is 20.5. The number of nitrogens with one attached hydrogen (secondary N) is 1. The third kappa shape index (κ3) is 4.10. The van der Waals surface area contributed by atoms with Crippen molar-refractivity contribution in [1.29, 1.82) is 0 Å². The van der Waals surface area contributed by atoms with Gasteiger partial charge in [-0.15, -0.1) is 16.4 Å². The second-order valence-corrected chi connectivity index (χ2v) is 8.83. The lowest BCUT2D eigenvalue weighted by atomic mass is 10.1. The third-order valence-corrected chi connectivity index (χ3v) is 7.05. The van der Waals surface area contributed by atoms with E-state index in [4.69, 9.17) is 4.74 Å². The summed E-state index contributed by atoms with van der Waals surface area (Å²) in [4.78, 5) is 26.0. The molecule has 8 nitrogen and oxygen atoms in total. The molecular formula is C20H21N5O3S2. The monoisotopic (exact) mass is 443 g/mol. The lowest BCUT2D eigenvalue weighted by molar-refractivity contribution is -0.113. The number of nitrogens with zero attached hydrogens (tertiary/aromatic N) is 4. The molecule has 1 aromatic carbocycles. The molecule has 0 saturated carbocycles. The zero-order chi connectivity index (χ0) is 21.1. The Kier molecular flexibility index (Phi) is 6.14. The van der Waals surface area contributed by atoms with E-state index in [9.17, 15) is 9.59 Å². The van der Waals surface area contributed by atoms with E-state index in [1.165, 1.54) is 35.8 Å². The van der Waals surface area contributed by atoms with Gasteiger partial charge in [-0.3, -0.25) is 4.79 Å². The van der Waals surface area contributed by atoms with Crippen LogP contribution in [0.25, 0.3) is 5.69 Å². The van der Waals surface area contributed by atoms with Crippen molar-refractivity contribution in [3.63, 3.8) is 0 Å². The highest BCUT2D eigenvalue weighted by Gasteiger charge is 2.28. The fourth-order valence-corrected chi connectivity index (χ4v) is 5.39. The van der Waals surface area contributed by atoms with E-state index in [2.05, 4.69) is 27.8 Å². The number of methoxy groups -OCH3 is 1. The van der Waals surface area contributed by atoms with Crippen LogP contribution in [-0.4, -0.2) is 44.9 Å². The van der Waals surface area contributed by atoms with Crippen molar-refractivity contribution in [2.75, 3.05) is 18.2 Å². The van der Waals surface area contributed by atoms with E-state index in [1.54, 1.807) is 4.68 Å². The Morgan fingerprint density at radius 1 is 1.27 bits per heavy atom. The average Bonchev–Trinajstić information content (AvgIpc) is 3.48. The number of hydrogen-bond donors (Lipinski definition) is 1. The maximum absolute atomic E-state index is 12.6. The number of aryl methyl sites for hydroxylation is 2. The van der Waals surface area contributed by atoms with Crippen LogP contribution >= 0.6 is 23.1 Å².